The summed E-state index contributed by atoms with van der Waals surface area (Å²) in [7, 11) is 1.96. The summed E-state index contributed by atoms with van der Waals surface area (Å²) >= 11 is 0. The molecule has 21 heavy (non-hydrogen) atoms. The van der Waals surface area contributed by atoms with Crippen LogP contribution in [-0.2, 0) is 9.53 Å². The highest BCUT2D eigenvalue weighted by atomic mass is 16.5. The molecule has 0 spiro atoms. The zero-order chi connectivity index (χ0) is 15.3. The van der Waals surface area contributed by atoms with Crippen LogP contribution in [-0.4, -0.2) is 75.2 Å². The van der Waals surface area contributed by atoms with Gasteiger partial charge in [-0.05, 0) is 31.3 Å². The minimum atomic E-state index is 0.120. The minimum absolute atomic E-state index is 0.120. The lowest BCUT2D eigenvalue weighted by Gasteiger charge is -2.38. The summed E-state index contributed by atoms with van der Waals surface area (Å²) in [4.78, 5) is 16.9. The highest BCUT2D eigenvalue weighted by Gasteiger charge is 2.29. The normalized spacial score (nSPS) is 22.2. The smallest absolute Gasteiger partial charge is 0.225 e. The van der Waals surface area contributed by atoms with Crippen molar-refractivity contribution < 1.29 is 9.53 Å². The number of piperidine rings is 1. The van der Waals surface area contributed by atoms with Crippen molar-refractivity contribution in [2.24, 2.45) is 11.3 Å². The van der Waals surface area contributed by atoms with E-state index in [1.807, 2.05) is 11.9 Å². The largest absolute Gasteiger partial charge is 0.379 e. The zero-order valence-electron chi connectivity index (χ0n) is 13.9. The summed E-state index contributed by atoms with van der Waals surface area (Å²) in [6.45, 7) is 12.0. The van der Waals surface area contributed by atoms with Gasteiger partial charge in [-0.2, -0.15) is 0 Å². The number of nitrogens with one attached hydrogen (secondary N) is 1. The first kappa shape index (κ1) is 16.7. The van der Waals surface area contributed by atoms with Crippen molar-refractivity contribution in [3.8, 4) is 0 Å². The van der Waals surface area contributed by atoms with Gasteiger partial charge in [-0.1, -0.05) is 13.8 Å². The Morgan fingerprint density at radius 3 is 2.52 bits per heavy atom. The Hall–Kier alpha value is -0.650. The van der Waals surface area contributed by atoms with Crippen molar-refractivity contribution in [3.05, 3.63) is 0 Å². The maximum absolute atomic E-state index is 12.5. The standard InChI is InChI=1S/C16H31N3O2/c1-16(2,13-19-8-10-21-11-9-19)12-18(3)15(20)14-4-6-17-7-5-14/h14,17H,4-13H2,1-3H3. The third kappa shape index (κ3) is 5.24. The summed E-state index contributed by atoms with van der Waals surface area (Å²) in [5, 5.41) is 3.32. The number of hydrogen-bond acceptors (Lipinski definition) is 4. The molecule has 2 aliphatic rings. The number of rotatable bonds is 5. The Morgan fingerprint density at radius 2 is 1.90 bits per heavy atom. The fourth-order valence-corrected chi connectivity index (χ4v) is 3.52. The van der Waals surface area contributed by atoms with Crippen LogP contribution in [0.5, 0.6) is 0 Å². The van der Waals surface area contributed by atoms with Crippen molar-refractivity contribution in [1.82, 2.24) is 15.1 Å². The Kier molecular flexibility index (Phi) is 6.02. The van der Waals surface area contributed by atoms with Gasteiger partial charge in [0.25, 0.3) is 0 Å². The molecule has 2 aliphatic heterocycles. The molecular formula is C16H31N3O2. The van der Waals surface area contributed by atoms with Gasteiger partial charge in [-0.15, -0.1) is 0 Å². The average Bonchev–Trinajstić information content (AvgIpc) is 2.47. The predicted octanol–water partition coefficient (Wildman–Crippen LogP) is 0.803. The molecule has 0 atom stereocenters. The maximum atomic E-state index is 12.5. The average molecular weight is 297 g/mol. The third-order valence-electron chi connectivity index (χ3n) is 4.49. The van der Waals surface area contributed by atoms with E-state index in [2.05, 4.69) is 24.1 Å². The van der Waals surface area contributed by atoms with E-state index in [0.29, 0.717) is 5.91 Å². The lowest BCUT2D eigenvalue weighted by molar-refractivity contribution is -0.136. The Morgan fingerprint density at radius 1 is 1.29 bits per heavy atom. The Labute approximate surface area is 129 Å². The molecule has 122 valence electrons. The molecule has 0 aromatic carbocycles. The highest BCUT2D eigenvalue weighted by molar-refractivity contribution is 5.78. The van der Waals surface area contributed by atoms with Crippen LogP contribution in [0.4, 0.5) is 0 Å². The second-order valence-electron chi connectivity index (χ2n) is 7.27. The third-order valence-corrected chi connectivity index (χ3v) is 4.49. The SMILES string of the molecule is CN(CC(C)(C)CN1CCOCC1)C(=O)C1CCNCC1. The van der Waals surface area contributed by atoms with Crippen LogP contribution in [0.15, 0.2) is 0 Å². The lowest BCUT2D eigenvalue weighted by Crippen LogP contribution is -2.48. The number of carbonyl (C=O) groups is 1. The molecule has 0 aromatic rings. The summed E-state index contributed by atoms with van der Waals surface area (Å²) in [5.74, 6) is 0.544. The van der Waals surface area contributed by atoms with E-state index < -0.39 is 0 Å². The number of nitrogens with zero attached hydrogens (tertiary/aromatic N) is 2. The van der Waals surface area contributed by atoms with E-state index in [1.165, 1.54) is 0 Å². The molecule has 5 heteroatoms. The van der Waals surface area contributed by atoms with Crippen LogP contribution in [0.2, 0.25) is 0 Å². The summed E-state index contributed by atoms with van der Waals surface area (Å²) in [5.41, 5.74) is 0.120. The van der Waals surface area contributed by atoms with Gasteiger partial charge < -0.3 is 15.0 Å². The van der Waals surface area contributed by atoms with Crippen molar-refractivity contribution in [3.63, 3.8) is 0 Å². The molecule has 2 saturated heterocycles. The van der Waals surface area contributed by atoms with Gasteiger partial charge in [-0.25, -0.2) is 0 Å². The quantitative estimate of drug-likeness (QED) is 0.815. The number of ether oxygens (including phenoxy) is 1. The molecule has 1 N–H and O–H groups in total. The molecule has 0 unspecified atom stereocenters. The van der Waals surface area contributed by atoms with E-state index >= 15 is 0 Å². The van der Waals surface area contributed by atoms with Crippen LogP contribution in [0.1, 0.15) is 26.7 Å². The van der Waals surface area contributed by atoms with Gasteiger partial charge in [0.1, 0.15) is 0 Å². The highest BCUT2D eigenvalue weighted by Crippen LogP contribution is 2.22. The van der Waals surface area contributed by atoms with Crippen LogP contribution >= 0.6 is 0 Å². The van der Waals surface area contributed by atoms with E-state index in [0.717, 1.165) is 65.3 Å². The molecule has 5 nitrogen and oxygen atoms in total. The van der Waals surface area contributed by atoms with Gasteiger partial charge in [0.15, 0.2) is 0 Å². The van der Waals surface area contributed by atoms with Crippen LogP contribution in [0.3, 0.4) is 0 Å². The van der Waals surface area contributed by atoms with Crippen LogP contribution < -0.4 is 5.32 Å². The molecule has 1 amide bonds. The Balaban J connectivity index is 1.81. The summed E-state index contributed by atoms with van der Waals surface area (Å²) < 4.78 is 5.40. The van der Waals surface area contributed by atoms with Crippen molar-refractivity contribution in [2.75, 3.05) is 59.5 Å². The first-order valence-corrected chi connectivity index (χ1v) is 8.24. The fourth-order valence-electron chi connectivity index (χ4n) is 3.52. The van der Waals surface area contributed by atoms with Crippen molar-refractivity contribution >= 4 is 5.91 Å². The van der Waals surface area contributed by atoms with Crippen LogP contribution in [0.25, 0.3) is 0 Å². The summed E-state index contributed by atoms with van der Waals surface area (Å²) in [6.07, 6.45) is 1.96. The monoisotopic (exact) mass is 297 g/mol. The van der Waals surface area contributed by atoms with E-state index in [4.69, 9.17) is 4.74 Å². The number of amides is 1. The lowest BCUT2D eigenvalue weighted by atomic mass is 9.90. The molecule has 0 radical (unpaired) electrons. The predicted molar refractivity (Wildman–Crippen MR) is 84.3 cm³/mol. The zero-order valence-corrected chi connectivity index (χ0v) is 13.9. The van der Waals surface area contributed by atoms with Gasteiger partial charge in [0, 0.05) is 39.1 Å². The van der Waals surface area contributed by atoms with E-state index in [9.17, 15) is 4.79 Å². The van der Waals surface area contributed by atoms with E-state index in [1.54, 1.807) is 0 Å². The van der Waals surface area contributed by atoms with Crippen molar-refractivity contribution in [2.45, 2.75) is 26.7 Å². The molecule has 2 heterocycles. The number of hydrogen-bond donors (Lipinski definition) is 1. The molecule has 2 fully saturated rings. The maximum Gasteiger partial charge on any atom is 0.225 e. The first-order valence-electron chi connectivity index (χ1n) is 8.24. The molecule has 0 bridgehead atoms. The topological polar surface area (TPSA) is 44.8 Å². The molecule has 2 rings (SSSR count). The Bertz CT molecular complexity index is 334. The molecular weight excluding hydrogens is 266 g/mol. The van der Waals surface area contributed by atoms with Gasteiger partial charge in [0.05, 0.1) is 13.2 Å². The van der Waals surface area contributed by atoms with Crippen LogP contribution in [0, 0.1) is 11.3 Å². The van der Waals surface area contributed by atoms with Gasteiger partial charge >= 0.3 is 0 Å². The minimum Gasteiger partial charge on any atom is -0.379 e. The molecule has 0 saturated carbocycles. The van der Waals surface area contributed by atoms with Crippen molar-refractivity contribution in [1.29, 1.82) is 0 Å². The van der Waals surface area contributed by atoms with E-state index in [-0.39, 0.29) is 11.3 Å². The summed E-state index contributed by atoms with van der Waals surface area (Å²) in [6, 6.07) is 0. The van der Waals surface area contributed by atoms with Gasteiger partial charge in [0.2, 0.25) is 5.91 Å². The number of carbonyl (C=O) groups excluding carboxylic acids is 1. The number of morpholine rings is 1. The second-order valence-corrected chi connectivity index (χ2v) is 7.27. The fraction of sp³-hybridized carbons (Fsp3) is 0.938. The first-order chi connectivity index (χ1) is 9.98. The van der Waals surface area contributed by atoms with Gasteiger partial charge in [-0.3, -0.25) is 9.69 Å². The second kappa shape index (κ2) is 7.56. The molecule has 0 aromatic heterocycles. The molecule has 0 aliphatic carbocycles.